The van der Waals surface area contributed by atoms with Gasteiger partial charge in [0, 0.05) is 24.4 Å². The van der Waals surface area contributed by atoms with E-state index in [1.165, 1.54) is 0 Å². The number of hydrogen-bond acceptors (Lipinski definition) is 3. The average molecular weight is 339 g/mol. The highest BCUT2D eigenvalue weighted by Crippen LogP contribution is 2.16. The number of benzene rings is 1. The number of nitrogens with one attached hydrogen (secondary N) is 2. The molecule has 0 aliphatic heterocycles. The Morgan fingerprint density at radius 3 is 2.60 bits per heavy atom. The molecule has 1 heterocycles. The van der Waals surface area contributed by atoms with E-state index in [1.54, 1.807) is 24.4 Å². The highest BCUT2D eigenvalue weighted by Gasteiger charge is 2.14. The molecule has 0 fully saturated rings. The van der Waals surface area contributed by atoms with Crippen molar-refractivity contribution in [2.75, 3.05) is 5.32 Å². The zero-order valence-electron chi connectivity index (χ0n) is 14.8. The molecule has 5 heteroatoms. The first-order valence-electron chi connectivity index (χ1n) is 8.69. The van der Waals surface area contributed by atoms with Crippen LogP contribution in [0.15, 0.2) is 48.7 Å². The fourth-order valence-electron chi connectivity index (χ4n) is 2.38. The summed E-state index contributed by atoms with van der Waals surface area (Å²) in [5, 5.41) is 5.77. The van der Waals surface area contributed by atoms with Gasteiger partial charge >= 0.3 is 0 Å². The number of rotatable bonds is 8. The monoisotopic (exact) mass is 339 g/mol. The van der Waals surface area contributed by atoms with Crippen molar-refractivity contribution in [3.8, 4) is 0 Å². The maximum atomic E-state index is 12.3. The molecule has 1 atom stereocenters. The second-order valence-corrected chi connectivity index (χ2v) is 6.05. The molecule has 0 saturated carbocycles. The molecular formula is C20H25N3O2. The Bertz CT molecular complexity index is 701. The second-order valence-electron chi connectivity index (χ2n) is 6.05. The van der Waals surface area contributed by atoms with E-state index in [-0.39, 0.29) is 17.9 Å². The number of para-hydroxylation sites is 1. The summed E-state index contributed by atoms with van der Waals surface area (Å²) in [6, 6.07) is 12.9. The Labute approximate surface area is 148 Å². The molecule has 2 rings (SSSR count). The highest BCUT2D eigenvalue weighted by atomic mass is 16.2. The van der Waals surface area contributed by atoms with Crippen molar-refractivity contribution in [3.05, 3.63) is 59.9 Å². The number of aromatic nitrogens is 1. The van der Waals surface area contributed by atoms with Crippen LogP contribution in [0.3, 0.4) is 0 Å². The lowest BCUT2D eigenvalue weighted by Gasteiger charge is -2.14. The van der Waals surface area contributed by atoms with Crippen molar-refractivity contribution in [3.63, 3.8) is 0 Å². The molecule has 1 aromatic carbocycles. The van der Waals surface area contributed by atoms with Crippen LogP contribution in [0.25, 0.3) is 0 Å². The number of nitrogens with zero attached hydrogens (tertiary/aromatic N) is 1. The fourth-order valence-corrected chi connectivity index (χ4v) is 2.38. The summed E-state index contributed by atoms with van der Waals surface area (Å²) >= 11 is 0. The quantitative estimate of drug-likeness (QED) is 0.772. The minimum atomic E-state index is -0.168. The number of pyridine rings is 1. The van der Waals surface area contributed by atoms with Gasteiger partial charge in [-0.25, -0.2) is 0 Å². The number of aryl methyl sites for hydroxylation is 1. The number of carbonyl (C=O) groups is 2. The normalized spacial score (nSPS) is 11.6. The van der Waals surface area contributed by atoms with E-state index in [1.807, 2.05) is 38.1 Å². The van der Waals surface area contributed by atoms with E-state index in [4.69, 9.17) is 0 Å². The lowest BCUT2D eigenvalue weighted by molar-refractivity contribution is -0.116. The molecule has 2 aromatic rings. The molecule has 25 heavy (non-hydrogen) atoms. The second kappa shape index (κ2) is 9.57. The summed E-state index contributed by atoms with van der Waals surface area (Å²) in [5.74, 6) is -0.265. The highest BCUT2D eigenvalue weighted by molar-refractivity contribution is 6.03. The zero-order chi connectivity index (χ0) is 18.1. The Balaban J connectivity index is 1.91. The van der Waals surface area contributed by atoms with Crippen LogP contribution in [0.2, 0.25) is 0 Å². The standard InChI is InChI=1S/C20H25N3O2/c1-3-15(2)22-20(25)17-11-4-5-12-18(17)23-19(24)13-8-10-16-9-6-7-14-21-16/h4-7,9,11-12,14-15H,3,8,10,13H2,1-2H3,(H,22,25)(H,23,24). The summed E-state index contributed by atoms with van der Waals surface area (Å²) in [6.45, 7) is 3.97. The van der Waals surface area contributed by atoms with Crippen LogP contribution < -0.4 is 10.6 Å². The minimum Gasteiger partial charge on any atom is -0.350 e. The zero-order valence-corrected chi connectivity index (χ0v) is 14.8. The van der Waals surface area contributed by atoms with E-state index in [9.17, 15) is 9.59 Å². The molecule has 0 radical (unpaired) electrons. The molecule has 1 aromatic heterocycles. The summed E-state index contributed by atoms with van der Waals surface area (Å²) in [5.41, 5.74) is 2.01. The summed E-state index contributed by atoms with van der Waals surface area (Å²) in [4.78, 5) is 28.8. The summed E-state index contributed by atoms with van der Waals surface area (Å²) in [6.07, 6.45) is 4.46. The van der Waals surface area contributed by atoms with Crippen molar-refractivity contribution in [1.82, 2.24) is 10.3 Å². The van der Waals surface area contributed by atoms with E-state index in [0.717, 1.165) is 18.5 Å². The molecule has 1 unspecified atom stereocenters. The molecule has 132 valence electrons. The number of carbonyl (C=O) groups excluding carboxylic acids is 2. The van der Waals surface area contributed by atoms with Crippen LogP contribution in [0.4, 0.5) is 5.69 Å². The molecule has 2 N–H and O–H groups in total. The Hall–Kier alpha value is -2.69. The third-order valence-corrected chi connectivity index (χ3v) is 4.00. The smallest absolute Gasteiger partial charge is 0.253 e. The third kappa shape index (κ3) is 6.03. The van der Waals surface area contributed by atoms with Gasteiger partial charge in [0.25, 0.3) is 5.91 Å². The minimum absolute atomic E-state index is 0.0923. The van der Waals surface area contributed by atoms with Crippen LogP contribution in [0.1, 0.15) is 49.2 Å². The maximum Gasteiger partial charge on any atom is 0.253 e. The topological polar surface area (TPSA) is 71.1 Å². The first kappa shape index (κ1) is 18.6. The van der Waals surface area contributed by atoms with Gasteiger partial charge in [0.05, 0.1) is 11.3 Å². The lowest BCUT2D eigenvalue weighted by atomic mass is 10.1. The van der Waals surface area contributed by atoms with Crippen LogP contribution >= 0.6 is 0 Å². The van der Waals surface area contributed by atoms with Gasteiger partial charge in [0.1, 0.15) is 0 Å². The first-order valence-corrected chi connectivity index (χ1v) is 8.69. The van der Waals surface area contributed by atoms with E-state index >= 15 is 0 Å². The molecule has 0 aliphatic carbocycles. The first-order chi connectivity index (χ1) is 12.1. The van der Waals surface area contributed by atoms with E-state index in [0.29, 0.717) is 24.1 Å². The number of hydrogen-bond donors (Lipinski definition) is 2. The molecule has 5 nitrogen and oxygen atoms in total. The number of anilines is 1. The molecule has 0 aliphatic rings. The number of amides is 2. The van der Waals surface area contributed by atoms with Crippen LogP contribution in [-0.4, -0.2) is 22.8 Å². The van der Waals surface area contributed by atoms with Crippen LogP contribution in [0, 0.1) is 0 Å². The fraction of sp³-hybridized carbons (Fsp3) is 0.350. The van der Waals surface area contributed by atoms with Crippen molar-refractivity contribution < 1.29 is 9.59 Å². The lowest BCUT2D eigenvalue weighted by Crippen LogP contribution is -2.32. The SMILES string of the molecule is CCC(C)NC(=O)c1ccccc1NC(=O)CCCc1ccccn1. The predicted octanol–water partition coefficient (Wildman–Crippen LogP) is 3.57. The summed E-state index contributed by atoms with van der Waals surface area (Å²) < 4.78 is 0. The predicted molar refractivity (Wildman–Crippen MR) is 99.5 cm³/mol. The van der Waals surface area contributed by atoms with Crippen LogP contribution in [-0.2, 0) is 11.2 Å². The van der Waals surface area contributed by atoms with E-state index < -0.39 is 0 Å². The van der Waals surface area contributed by atoms with E-state index in [2.05, 4.69) is 15.6 Å². The van der Waals surface area contributed by atoms with Gasteiger partial charge < -0.3 is 10.6 Å². The van der Waals surface area contributed by atoms with Gasteiger partial charge in [-0.15, -0.1) is 0 Å². The molecule has 0 saturated heterocycles. The molecule has 2 amide bonds. The molecular weight excluding hydrogens is 314 g/mol. The van der Waals surface area contributed by atoms with Gasteiger partial charge in [-0.1, -0.05) is 25.1 Å². The third-order valence-electron chi connectivity index (χ3n) is 4.00. The maximum absolute atomic E-state index is 12.3. The average Bonchev–Trinajstić information content (AvgIpc) is 2.62. The van der Waals surface area contributed by atoms with Crippen LogP contribution in [0.5, 0.6) is 0 Å². The largest absolute Gasteiger partial charge is 0.350 e. The van der Waals surface area contributed by atoms with Gasteiger partial charge in [0.15, 0.2) is 0 Å². The Kier molecular flexibility index (Phi) is 7.14. The molecule has 0 spiro atoms. The molecule has 0 bridgehead atoms. The van der Waals surface area contributed by atoms with Crippen molar-refractivity contribution in [2.45, 2.75) is 45.6 Å². The van der Waals surface area contributed by atoms with Crippen molar-refractivity contribution in [1.29, 1.82) is 0 Å². The van der Waals surface area contributed by atoms with Gasteiger partial charge in [0.2, 0.25) is 5.91 Å². The van der Waals surface area contributed by atoms with Gasteiger partial charge in [-0.05, 0) is 50.5 Å². The van der Waals surface area contributed by atoms with Crippen molar-refractivity contribution in [2.24, 2.45) is 0 Å². The van der Waals surface area contributed by atoms with Crippen molar-refractivity contribution >= 4 is 17.5 Å². The Morgan fingerprint density at radius 1 is 1.12 bits per heavy atom. The van der Waals surface area contributed by atoms with Gasteiger partial charge in [-0.2, -0.15) is 0 Å². The Morgan fingerprint density at radius 2 is 1.88 bits per heavy atom. The summed E-state index contributed by atoms with van der Waals surface area (Å²) in [7, 11) is 0. The van der Waals surface area contributed by atoms with Gasteiger partial charge in [-0.3, -0.25) is 14.6 Å².